The zero-order valence-corrected chi connectivity index (χ0v) is 17.9. The molecule has 1 saturated carbocycles. The highest BCUT2D eigenvalue weighted by Gasteiger charge is 2.47. The molecule has 2 fully saturated rings. The van der Waals surface area contributed by atoms with Crippen molar-refractivity contribution in [2.75, 3.05) is 0 Å². The van der Waals surface area contributed by atoms with Crippen LogP contribution in [-0.4, -0.2) is 43.6 Å². The fourth-order valence-electron chi connectivity index (χ4n) is 5.13. The first-order valence-electron chi connectivity index (χ1n) is 11.3. The molecule has 5 rings (SSSR count). The van der Waals surface area contributed by atoms with Crippen molar-refractivity contribution in [3.63, 3.8) is 0 Å². The molecule has 1 aromatic heterocycles. The van der Waals surface area contributed by atoms with Crippen LogP contribution in [0.4, 0.5) is 0 Å². The highest BCUT2D eigenvalue weighted by Crippen LogP contribution is 2.40. The van der Waals surface area contributed by atoms with Gasteiger partial charge in [-0.15, -0.1) is 0 Å². The van der Waals surface area contributed by atoms with Gasteiger partial charge in [-0.1, -0.05) is 43.2 Å². The van der Waals surface area contributed by atoms with Crippen molar-refractivity contribution < 1.29 is 9.59 Å². The van der Waals surface area contributed by atoms with Crippen LogP contribution in [0.2, 0.25) is 0 Å². The average Bonchev–Trinajstić information content (AvgIpc) is 3.51. The summed E-state index contributed by atoms with van der Waals surface area (Å²) in [6.45, 7) is 0.426. The van der Waals surface area contributed by atoms with Crippen molar-refractivity contribution >= 4 is 11.8 Å². The van der Waals surface area contributed by atoms with E-state index in [4.69, 9.17) is 0 Å². The number of hydrogen-bond donors (Lipinski definition) is 1. The highest BCUT2D eigenvalue weighted by atomic mass is 16.2. The predicted molar refractivity (Wildman–Crippen MR) is 120 cm³/mol. The van der Waals surface area contributed by atoms with Crippen LogP contribution in [-0.2, 0) is 11.3 Å². The molecular weight excluding hydrogens is 402 g/mol. The van der Waals surface area contributed by atoms with Crippen LogP contribution >= 0.6 is 0 Å². The fourth-order valence-corrected chi connectivity index (χ4v) is 5.13. The summed E-state index contributed by atoms with van der Waals surface area (Å²) in [5.74, 6) is 0.315. The standard InChI is InChI=1S/C25H27N5O2/c31-24(27-15-18-10-12-21(13-11-18)29-17-26-16-28-29)23-14-20-8-4-5-9-22(20)30(23)25(32)19-6-2-1-3-7-19/h1-3,6-7,10-13,16-17,20,22-23H,4-5,8-9,14-15H2,(H,27,31). The van der Waals surface area contributed by atoms with Crippen molar-refractivity contribution in [3.8, 4) is 5.69 Å². The molecule has 3 atom stereocenters. The van der Waals surface area contributed by atoms with Gasteiger partial charge >= 0.3 is 0 Å². The number of carbonyl (C=O) groups excluding carboxylic acids is 2. The van der Waals surface area contributed by atoms with Crippen LogP contribution in [0, 0.1) is 5.92 Å². The van der Waals surface area contributed by atoms with Gasteiger partial charge in [0.1, 0.15) is 18.7 Å². The minimum Gasteiger partial charge on any atom is -0.350 e. The lowest BCUT2D eigenvalue weighted by molar-refractivity contribution is -0.125. The molecule has 2 aromatic carbocycles. The lowest BCUT2D eigenvalue weighted by Gasteiger charge is -2.33. The topological polar surface area (TPSA) is 80.1 Å². The van der Waals surface area contributed by atoms with Gasteiger partial charge < -0.3 is 10.2 Å². The summed E-state index contributed by atoms with van der Waals surface area (Å²) >= 11 is 0. The predicted octanol–water partition coefficient (Wildman–Crippen LogP) is 3.36. The number of rotatable bonds is 5. The van der Waals surface area contributed by atoms with E-state index in [0.29, 0.717) is 18.0 Å². The summed E-state index contributed by atoms with van der Waals surface area (Å²) in [5, 5.41) is 7.20. The maximum Gasteiger partial charge on any atom is 0.254 e. The molecular formula is C25H27N5O2. The molecule has 0 bridgehead atoms. The Bertz CT molecular complexity index is 1070. The monoisotopic (exact) mass is 429 g/mol. The fraction of sp³-hybridized carbons (Fsp3) is 0.360. The molecule has 3 unspecified atom stereocenters. The van der Waals surface area contributed by atoms with E-state index in [1.165, 1.54) is 12.7 Å². The second-order valence-corrected chi connectivity index (χ2v) is 8.67. The van der Waals surface area contributed by atoms with Crippen LogP contribution < -0.4 is 5.32 Å². The summed E-state index contributed by atoms with van der Waals surface area (Å²) in [4.78, 5) is 32.4. The minimum atomic E-state index is -0.412. The molecule has 3 aromatic rings. The van der Waals surface area contributed by atoms with Crippen molar-refractivity contribution in [2.45, 2.75) is 50.7 Å². The van der Waals surface area contributed by atoms with E-state index in [1.807, 2.05) is 59.5 Å². The number of amides is 2. The molecule has 1 aliphatic carbocycles. The number of likely N-dealkylation sites (tertiary alicyclic amines) is 1. The van der Waals surface area contributed by atoms with E-state index in [2.05, 4.69) is 15.4 Å². The van der Waals surface area contributed by atoms with Gasteiger partial charge in [0.25, 0.3) is 5.91 Å². The summed E-state index contributed by atoms with van der Waals surface area (Å²) in [6, 6.07) is 16.9. The lowest BCUT2D eigenvalue weighted by atomic mass is 9.84. The molecule has 7 nitrogen and oxygen atoms in total. The molecule has 2 aliphatic rings. The van der Waals surface area contributed by atoms with E-state index < -0.39 is 6.04 Å². The molecule has 0 spiro atoms. The van der Waals surface area contributed by atoms with Crippen LogP contribution in [0.25, 0.3) is 5.69 Å². The third kappa shape index (κ3) is 4.02. The number of hydrogen-bond acceptors (Lipinski definition) is 4. The Balaban J connectivity index is 1.29. The van der Waals surface area contributed by atoms with Gasteiger partial charge in [0, 0.05) is 18.2 Å². The van der Waals surface area contributed by atoms with Crippen molar-refractivity contribution in [1.29, 1.82) is 0 Å². The van der Waals surface area contributed by atoms with Crippen molar-refractivity contribution in [3.05, 3.63) is 78.4 Å². The third-order valence-corrected chi connectivity index (χ3v) is 6.73. The molecule has 32 heavy (non-hydrogen) atoms. The second kappa shape index (κ2) is 8.94. The quantitative estimate of drug-likeness (QED) is 0.675. The van der Waals surface area contributed by atoms with Crippen LogP contribution in [0.15, 0.2) is 67.3 Å². The first kappa shape index (κ1) is 20.4. The molecule has 164 valence electrons. The Hall–Kier alpha value is -3.48. The van der Waals surface area contributed by atoms with Crippen molar-refractivity contribution in [1.82, 2.24) is 25.0 Å². The Morgan fingerprint density at radius 3 is 2.53 bits per heavy atom. The van der Waals surface area contributed by atoms with Gasteiger partial charge in [0.15, 0.2) is 0 Å². The maximum atomic E-state index is 13.4. The first-order chi connectivity index (χ1) is 15.7. The van der Waals surface area contributed by atoms with E-state index >= 15 is 0 Å². The van der Waals surface area contributed by atoms with Crippen LogP contribution in [0.5, 0.6) is 0 Å². The molecule has 1 saturated heterocycles. The van der Waals surface area contributed by atoms with E-state index in [1.54, 1.807) is 11.0 Å². The summed E-state index contributed by atoms with van der Waals surface area (Å²) in [5.41, 5.74) is 2.57. The van der Waals surface area contributed by atoms with Crippen molar-refractivity contribution in [2.24, 2.45) is 5.92 Å². The Kier molecular flexibility index (Phi) is 5.71. The zero-order valence-electron chi connectivity index (χ0n) is 17.9. The highest BCUT2D eigenvalue weighted by molar-refractivity contribution is 5.98. The van der Waals surface area contributed by atoms with E-state index in [9.17, 15) is 9.59 Å². The maximum absolute atomic E-state index is 13.4. The normalized spacial score (nSPS) is 22.4. The zero-order chi connectivity index (χ0) is 21.9. The number of carbonyl (C=O) groups is 2. The molecule has 7 heteroatoms. The molecule has 1 aliphatic heterocycles. The Labute approximate surface area is 187 Å². The summed E-state index contributed by atoms with van der Waals surface area (Å²) < 4.78 is 1.69. The number of nitrogens with one attached hydrogen (secondary N) is 1. The Morgan fingerprint density at radius 2 is 1.78 bits per heavy atom. The molecule has 0 radical (unpaired) electrons. The largest absolute Gasteiger partial charge is 0.350 e. The average molecular weight is 430 g/mol. The summed E-state index contributed by atoms with van der Waals surface area (Å²) in [7, 11) is 0. The van der Waals surface area contributed by atoms with Crippen LogP contribution in [0.3, 0.4) is 0 Å². The molecule has 2 heterocycles. The smallest absolute Gasteiger partial charge is 0.254 e. The van der Waals surface area contributed by atoms with E-state index in [0.717, 1.165) is 36.9 Å². The van der Waals surface area contributed by atoms with Crippen LogP contribution in [0.1, 0.15) is 48.0 Å². The summed E-state index contributed by atoms with van der Waals surface area (Å²) in [6.07, 6.45) is 8.27. The number of benzene rings is 2. The number of aromatic nitrogens is 3. The molecule has 2 amide bonds. The van der Waals surface area contributed by atoms with Gasteiger partial charge in [-0.3, -0.25) is 9.59 Å². The lowest BCUT2D eigenvalue weighted by Crippen LogP contribution is -2.49. The van der Waals surface area contributed by atoms with Gasteiger partial charge in [0.2, 0.25) is 5.91 Å². The van der Waals surface area contributed by atoms with Gasteiger partial charge in [-0.2, -0.15) is 5.10 Å². The minimum absolute atomic E-state index is 0.0302. The first-order valence-corrected chi connectivity index (χ1v) is 11.3. The number of nitrogens with zero attached hydrogens (tertiary/aromatic N) is 4. The third-order valence-electron chi connectivity index (χ3n) is 6.73. The Morgan fingerprint density at radius 1 is 1.00 bits per heavy atom. The van der Waals surface area contributed by atoms with E-state index in [-0.39, 0.29) is 17.9 Å². The molecule has 1 N–H and O–H groups in total. The van der Waals surface area contributed by atoms with Gasteiger partial charge in [0.05, 0.1) is 5.69 Å². The number of fused-ring (bicyclic) bond motifs is 1. The van der Waals surface area contributed by atoms with Gasteiger partial charge in [-0.05, 0) is 55.0 Å². The SMILES string of the molecule is O=C(NCc1ccc(-n2cncn2)cc1)C1CC2CCCCC2N1C(=O)c1ccccc1. The van der Waals surface area contributed by atoms with Gasteiger partial charge in [-0.25, -0.2) is 9.67 Å². The second-order valence-electron chi connectivity index (χ2n) is 8.67.